The summed E-state index contributed by atoms with van der Waals surface area (Å²) in [4.78, 5) is 15.4. The fraction of sp³-hybridized carbons (Fsp3) is 0.348. The highest BCUT2D eigenvalue weighted by molar-refractivity contribution is 7.89. The molecule has 0 saturated heterocycles. The summed E-state index contributed by atoms with van der Waals surface area (Å²) in [5, 5.41) is 0. The third-order valence-electron chi connectivity index (χ3n) is 5.09. The second-order valence-electron chi connectivity index (χ2n) is 7.21. The maximum Gasteiger partial charge on any atom is 0.355 e. The lowest BCUT2D eigenvalue weighted by molar-refractivity contribution is 0.0519. The van der Waals surface area contributed by atoms with E-state index in [9.17, 15) is 13.2 Å². The Kier molecular flexibility index (Phi) is 7.42. The number of aromatic amines is 1. The zero-order valence-electron chi connectivity index (χ0n) is 18.7. The van der Waals surface area contributed by atoms with Gasteiger partial charge in [-0.3, -0.25) is 0 Å². The van der Waals surface area contributed by atoms with Crippen LogP contribution in [0.1, 0.15) is 46.9 Å². The van der Waals surface area contributed by atoms with Crippen LogP contribution in [0.25, 0.3) is 0 Å². The van der Waals surface area contributed by atoms with Crippen LogP contribution in [-0.4, -0.2) is 36.9 Å². The van der Waals surface area contributed by atoms with E-state index < -0.39 is 16.0 Å². The van der Waals surface area contributed by atoms with Gasteiger partial charge in [-0.2, -0.15) is 4.31 Å². The molecule has 2 heterocycles. The highest BCUT2D eigenvalue weighted by atomic mass is 32.2. The zero-order chi connectivity index (χ0) is 23.3. The first kappa shape index (κ1) is 23.6. The first-order valence-corrected chi connectivity index (χ1v) is 11.8. The van der Waals surface area contributed by atoms with Crippen molar-refractivity contribution in [3.63, 3.8) is 0 Å². The van der Waals surface area contributed by atoms with Crippen LogP contribution in [0.4, 0.5) is 0 Å². The molecule has 0 aliphatic rings. The van der Waals surface area contributed by atoms with Crippen molar-refractivity contribution in [2.45, 2.75) is 45.7 Å². The highest BCUT2D eigenvalue weighted by Gasteiger charge is 2.29. The Hall–Kier alpha value is -3.04. The van der Waals surface area contributed by atoms with E-state index >= 15 is 0 Å². The number of hydrogen-bond donors (Lipinski definition) is 1. The van der Waals surface area contributed by atoms with E-state index in [1.54, 1.807) is 45.0 Å². The van der Waals surface area contributed by atoms with Gasteiger partial charge >= 0.3 is 5.97 Å². The van der Waals surface area contributed by atoms with E-state index in [1.165, 1.54) is 22.7 Å². The van der Waals surface area contributed by atoms with Gasteiger partial charge in [0.25, 0.3) is 0 Å². The van der Waals surface area contributed by atoms with E-state index in [-0.39, 0.29) is 24.6 Å². The van der Waals surface area contributed by atoms with Gasteiger partial charge in [-0.05, 0) is 75.2 Å². The van der Waals surface area contributed by atoms with E-state index in [0.29, 0.717) is 40.6 Å². The number of furan rings is 1. The number of carbonyl (C=O) groups excluding carboxylic acids is 1. The normalized spacial score (nSPS) is 11.7. The molecule has 3 aromatic rings. The Morgan fingerprint density at radius 1 is 1.06 bits per heavy atom. The second kappa shape index (κ2) is 10.1. The number of nitrogens with one attached hydrogen (secondary N) is 1. The molecule has 0 fully saturated rings. The molecule has 0 spiro atoms. The van der Waals surface area contributed by atoms with Crippen molar-refractivity contribution < 1.29 is 27.1 Å². The highest BCUT2D eigenvalue weighted by Crippen LogP contribution is 2.27. The minimum atomic E-state index is -3.87. The average molecular weight is 461 g/mol. The lowest BCUT2D eigenvalue weighted by atomic mass is 10.1. The maximum absolute atomic E-state index is 13.5. The van der Waals surface area contributed by atoms with Gasteiger partial charge in [-0.1, -0.05) is 0 Å². The summed E-state index contributed by atoms with van der Waals surface area (Å²) in [5.41, 5.74) is 2.41. The standard InChI is InChI=1S/C23H28N2O6S/c1-5-29-18-9-11-20(12-10-18)32(27,28)25(14-19-8-7-13-31-19)15-21-16(3)22(24-17(21)4)23(26)30-6-2/h7-13,24H,5-6,14-15H2,1-4H3. The van der Waals surface area contributed by atoms with Gasteiger partial charge < -0.3 is 18.9 Å². The summed E-state index contributed by atoms with van der Waals surface area (Å²) in [7, 11) is -3.87. The molecule has 32 heavy (non-hydrogen) atoms. The number of hydrogen-bond acceptors (Lipinski definition) is 6. The molecule has 0 bridgehead atoms. The lowest BCUT2D eigenvalue weighted by Crippen LogP contribution is -2.30. The predicted molar refractivity (Wildman–Crippen MR) is 119 cm³/mol. The smallest absolute Gasteiger partial charge is 0.355 e. The SMILES string of the molecule is CCOC(=O)c1[nH]c(C)c(CN(Cc2ccco2)S(=O)(=O)c2ccc(OCC)cc2)c1C. The Balaban J connectivity index is 1.97. The minimum absolute atomic E-state index is 0.0430. The Morgan fingerprint density at radius 3 is 2.38 bits per heavy atom. The third kappa shape index (κ3) is 5.05. The summed E-state index contributed by atoms with van der Waals surface area (Å²) in [6, 6.07) is 9.75. The van der Waals surface area contributed by atoms with Crippen molar-refractivity contribution >= 4 is 16.0 Å². The Bertz CT molecular complexity index is 1150. The monoisotopic (exact) mass is 460 g/mol. The molecule has 3 rings (SSSR count). The minimum Gasteiger partial charge on any atom is -0.494 e. The summed E-state index contributed by atoms with van der Waals surface area (Å²) < 4.78 is 44.3. The van der Waals surface area contributed by atoms with Gasteiger partial charge in [0.1, 0.15) is 17.2 Å². The van der Waals surface area contributed by atoms with Crippen LogP contribution in [-0.2, 0) is 27.8 Å². The Morgan fingerprint density at radius 2 is 1.78 bits per heavy atom. The number of aryl methyl sites for hydroxylation is 1. The molecule has 8 nitrogen and oxygen atoms in total. The van der Waals surface area contributed by atoms with Gasteiger partial charge in [-0.15, -0.1) is 0 Å². The van der Waals surface area contributed by atoms with Crippen LogP contribution in [0.5, 0.6) is 5.75 Å². The fourth-order valence-electron chi connectivity index (χ4n) is 3.44. The summed E-state index contributed by atoms with van der Waals surface area (Å²) >= 11 is 0. The van der Waals surface area contributed by atoms with Crippen molar-refractivity contribution in [3.8, 4) is 5.75 Å². The molecule has 172 valence electrons. The van der Waals surface area contributed by atoms with Gasteiger partial charge in [0.05, 0.1) is 30.9 Å². The number of benzene rings is 1. The van der Waals surface area contributed by atoms with E-state index in [0.717, 1.165) is 0 Å². The second-order valence-corrected chi connectivity index (χ2v) is 9.14. The van der Waals surface area contributed by atoms with Gasteiger partial charge in [0.2, 0.25) is 10.0 Å². The number of esters is 1. The van der Waals surface area contributed by atoms with Gasteiger partial charge in [-0.25, -0.2) is 13.2 Å². The molecule has 0 aliphatic carbocycles. The number of nitrogens with zero attached hydrogens (tertiary/aromatic N) is 1. The lowest BCUT2D eigenvalue weighted by Gasteiger charge is -2.22. The molecule has 0 atom stereocenters. The number of sulfonamides is 1. The number of ether oxygens (including phenoxy) is 2. The van der Waals surface area contributed by atoms with Crippen LogP contribution in [0, 0.1) is 13.8 Å². The average Bonchev–Trinajstić information content (AvgIpc) is 3.37. The molecule has 0 saturated carbocycles. The topological polar surface area (TPSA) is 102 Å². The third-order valence-corrected chi connectivity index (χ3v) is 6.90. The largest absolute Gasteiger partial charge is 0.494 e. The zero-order valence-corrected chi connectivity index (χ0v) is 19.5. The van der Waals surface area contributed by atoms with Gasteiger partial charge in [0, 0.05) is 12.2 Å². The molecular weight excluding hydrogens is 432 g/mol. The quantitative estimate of drug-likeness (QED) is 0.455. The molecule has 0 amide bonds. The van der Waals surface area contributed by atoms with Crippen LogP contribution < -0.4 is 4.74 Å². The van der Waals surface area contributed by atoms with Crippen LogP contribution in [0.15, 0.2) is 52.0 Å². The Labute approximate surface area is 188 Å². The van der Waals surface area contributed by atoms with Crippen LogP contribution in [0.2, 0.25) is 0 Å². The predicted octanol–water partition coefficient (Wildman–Crippen LogP) is 4.19. The number of rotatable bonds is 10. The fourth-order valence-corrected chi connectivity index (χ4v) is 4.81. The van der Waals surface area contributed by atoms with Crippen molar-refractivity contribution in [3.05, 3.63) is 70.9 Å². The first-order chi connectivity index (χ1) is 15.3. The maximum atomic E-state index is 13.5. The summed E-state index contributed by atoms with van der Waals surface area (Å²) in [6.07, 6.45) is 1.50. The van der Waals surface area contributed by atoms with E-state index in [2.05, 4.69) is 4.98 Å². The van der Waals surface area contributed by atoms with Crippen LogP contribution in [0.3, 0.4) is 0 Å². The number of carbonyl (C=O) groups is 1. The molecule has 0 aliphatic heterocycles. The van der Waals surface area contributed by atoms with Crippen LogP contribution >= 0.6 is 0 Å². The van der Waals surface area contributed by atoms with Crippen molar-refractivity contribution in [2.75, 3.05) is 13.2 Å². The van der Waals surface area contributed by atoms with Crippen molar-refractivity contribution in [2.24, 2.45) is 0 Å². The van der Waals surface area contributed by atoms with Crippen molar-refractivity contribution in [1.29, 1.82) is 0 Å². The van der Waals surface area contributed by atoms with Gasteiger partial charge in [0.15, 0.2) is 0 Å². The molecule has 1 N–H and O–H groups in total. The molecular formula is C23H28N2O6S. The number of aromatic nitrogens is 1. The number of H-pyrrole nitrogens is 1. The van der Waals surface area contributed by atoms with E-state index in [4.69, 9.17) is 13.9 Å². The van der Waals surface area contributed by atoms with E-state index in [1.807, 2.05) is 6.92 Å². The summed E-state index contributed by atoms with van der Waals surface area (Å²) in [5.74, 6) is 0.641. The molecule has 0 radical (unpaired) electrons. The molecule has 2 aromatic heterocycles. The summed E-state index contributed by atoms with van der Waals surface area (Å²) in [6.45, 7) is 8.03. The molecule has 9 heteroatoms. The molecule has 0 unspecified atom stereocenters. The van der Waals surface area contributed by atoms with Crippen molar-refractivity contribution in [1.82, 2.24) is 9.29 Å². The molecule has 1 aromatic carbocycles. The first-order valence-electron chi connectivity index (χ1n) is 10.4.